The van der Waals surface area contributed by atoms with Crippen LogP contribution in [0.25, 0.3) is 11.5 Å². The van der Waals surface area contributed by atoms with Crippen molar-refractivity contribution in [1.82, 2.24) is 15.5 Å². The van der Waals surface area contributed by atoms with E-state index in [1.807, 2.05) is 31.3 Å². The van der Waals surface area contributed by atoms with E-state index in [0.29, 0.717) is 11.7 Å². The van der Waals surface area contributed by atoms with Gasteiger partial charge in [-0.2, -0.15) is 4.98 Å². The lowest BCUT2D eigenvalue weighted by molar-refractivity contribution is 0.412. The van der Waals surface area contributed by atoms with Gasteiger partial charge in [-0.1, -0.05) is 11.2 Å². The normalized spacial score (nSPS) is 10.5. The molecule has 1 aromatic carbocycles. The van der Waals surface area contributed by atoms with Gasteiger partial charge in [-0.3, -0.25) is 0 Å². The van der Waals surface area contributed by atoms with E-state index in [1.165, 1.54) is 0 Å². The maximum atomic E-state index is 5.20. The third kappa shape index (κ3) is 2.82. The minimum absolute atomic E-state index is 0.523. The molecular weight excluding hydrogens is 218 g/mol. The zero-order chi connectivity index (χ0) is 12.1. The molecule has 0 aliphatic heterocycles. The van der Waals surface area contributed by atoms with Crippen molar-refractivity contribution in [2.24, 2.45) is 0 Å². The van der Waals surface area contributed by atoms with Crippen LogP contribution in [0, 0.1) is 0 Å². The van der Waals surface area contributed by atoms with Crippen molar-refractivity contribution in [3.63, 3.8) is 0 Å². The van der Waals surface area contributed by atoms with Crippen LogP contribution in [0.2, 0.25) is 0 Å². The van der Waals surface area contributed by atoms with Crippen LogP contribution in [0.5, 0.6) is 5.75 Å². The molecule has 1 heterocycles. The lowest BCUT2D eigenvalue weighted by atomic mass is 10.2. The molecule has 0 saturated heterocycles. The molecule has 0 bridgehead atoms. The SMILES string of the molecule is CNCCc1noc(-c2cccc(OC)c2)n1. The number of likely N-dealkylation sites (N-methyl/N-ethyl adjacent to an activating group) is 1. The van der Waals surface area contributed by atoms with Gasteiger partial charge >= 0.3 is 0 Å². The molecule has 5 nitrogen and oxygen atoms in total. The average molecular weight is 233 g/mol. The van der Waals surface area contributed by atoms with Crippen LogP contribution in [0.1, 0.15) is 5.82 Å². The number of aromatic nitrogens is 2. The van der Waals surface area contributed by atoms with Crippen LogP contribution in [-0.4, -0.2) is 30.8 Å². The molecule has 2 aromatic rings. The van der Waals surface area contributed by atoms with E-state index in [4.69, 9.17) is 9.26 Å². The van der Waals surface area contributed by atoms with Crippen LogP contribution in [0.15, 0.2) is 28.8 Å². The largest absolute Gasteiger partial charge is 0.497 e. The number of ether oxygens (including phenoxy) is 1. The van der Waals surface area contributed by atoms with Crippen LogP contribution in [0.3, 0.4) is 0 Å². The molecule has 0 radical (unpaired) electrons. The Morgan fingerprint density at radius 2 is 2.29 bits per heavy atom. The van der Waals surface area contributed by atoms with Crippen molar-refractivity contribution in [2.45, 2.75) is 6.42 Å². The molecule has 0 aliphatic carbocycles. The van der Waals surface area contributed by atoms with Crippen molar-refractivity contribution < 1.29 is 9.26 Å². The summed E-state index contributed by atoms with van der Waals surface area (Å²) in [5, 5.41) is 6.96. The highest BCUT2D eigenvalue weighted by molar-refractivity contribution is 5.55. The summed E-state index contributed by atoms with van der Waals surface area (Å²) in [6.45, 7) is 0.830. The fourth-order valence-corrected chi connectivity index (χ4v) is 1.47. The van der Waals surface area contributed by atoms with Gasteiger partial charge in [-0.25, -0.2) is 0 Å². The Bertz CT molecular complexity index is 482. The number of hydrogen-bond acceptors (Lipinski definition) is 5. The van der Waals surface area contributed by atoms with Gasteiger partial charge in [0.05, 0.1) is 7.11 Å². The Morgan fingerprint density at radius 3 is 3.06 bits per heavy atom. The first-order valence-corrected chi connectivity index (χ1v) is 5.45. The minimum atomic E-state index is 0.523. The van der Waals surface area contributed by atoms with Gasteiger partial charge < -0.3 is 14.6 Å². The predicted molar refractivity (Wildman–Crippen MR) is 63.9 cm³/mol. The molecule has 90 valence electrons. The molecule has 0 atom stereocenters. The quantitative estimate of drug-likeness (QED) is 0.848. The molecule has 0 aliphatic rings. The summed E-state index contributed by atoms with van der Waals surface area (Å²) >= 11 is 0. The topological polar surface area (TPSA) is 60.2 Å². The Morgan fingerprint density at radius 1 is 1.41 bits per heavy atom. The fourth-order valence-electron chi connectivity index (χ4n) is 1.47. The first-order chi connectivity index (χ1) is 8.33. The van der Waals surface area contributed by atoms with E-state index >= 15 is 0 Å². The minimum Gasteiger partial charge on any atom is -0.497 e. The van der Waals surface area contributed by atoms with E-state index in [-0.39, 0.29) is 0 Å². The van der Waals surface area contributed by atoms with Gasteiger partial charge in [0.25, 0.3) is 5.89 Å². The third-order valence-electron chi connectivity index (χ3n) is 2.38. The first-order valence-electron chi connectivity index (χ1n) is 5.45. The molecule has 0 amide bonds. The van der Waals surface area contributed by atoms with Crippen LogP contribution >= 0.6 is 0 Å². The maximum absolute atomic E-state index is 5.20. The fraction of sp³-hybridized carbons (Fsp3) is 0.333. The second kappa shape index (κ2) is 5.45. The van der Waals surface area contributed by atoms with Crippen molar-refractivity contribution in [2.75, 3.05) is 20.7 Å². The van der Waals surface area contributed by atoms with E-state index in [9.17, 15) is 0 Å². The molecule has 1 aromatic heterocycles. The number of nitrogens with zero attached hydrogens (tertiary/aromatic N) is 2. The lowest BCUT2D eigenvalue weighted by Crippen LogP contribution is -2.10. The van der Waals surface area contributed by atoms with Crippen LogP contribution in [0.4, 0.5) is 0 Å². The highest BCUT2D eigenvalue weighted by Crippen LogP contribution is 2.22. The molecule has 0 fully saturated rings. The van der Waals surface area contributed by atoms with Crippen LogP contribution < -0.4 is 10.1 Å². The maximum Gasteiger partial charge on any atom is 0.258 e. The van der Waals surface area contributed by atoms with E-state index in [1.54, 1.807) is 7.11 Å². The standard InChI is InChI=1S/C12H15N3O2/c1-13-7-6-11-14-12(17-15-11)9-4-3-5-10(8-9)16-2/h3-5,8,13H,6-7H2,1-2H3. The molecule has 5 heteroatoms. The summed E-state index contributed by atoms with van der Waals surface area (Å²) in [5.41, 5.74) is 0.868. The van der Waals surface area contributed by atoms with Gasteiger partial charge in [0.1, 0.15) is 5.75 Å². The summed E-state index contributed by atoms with van der Waals surface area (Å²) in [6.07, 6.45) is 0.754. The number of hydrogen-bond donors (Lipinski definition) is 1. The van der Waals surface area contributed by atoms with Crippen molar-refractivity contribution >= 4 is 0 Å². The Kier molecular flexibility index (Phi) is 3.72. The molecule has 0 spiro atoms. The highest BCUT2D eigenvalue weighted by atomic mass is 16.5. The molecule has 17 heavy (non-hydrogen) atoms. The summed E-state index contributed by atoms with van der Waals surface area (Å²) in [5.74, 6) is 2.00. The molecule has 0 saturated carbocycles. The Labute approximate surface area is 99.8 Å². The van der Waals surface area contributed by atoms with E-state index in [2.05, 4.69) is 15.5 Å². The van der Waals surface area contributed by atoms with Gasteiger partial charge in [0, 0.05) is 18.5 Å². The lowest BCUT2D eigenvalue weighted by Gasteiger charge is -1.99. The Balaban J connectivity index is 2.18. The van der Waals surface area contributed by atoms with Gasteiger partial charge in [-0.15, -0.1) is 0 Å². The van der Waals surface area contributed by atoms with Gasteiger partial charge in [0.2, 0.25) is 0 Å². The number of methoxy groups -OCH3 is 1. The second-order valence-corrected chi connectivity index (χ2v) is 3.60. The summed E-state index contributed by atoms with van der Waals surface area (Å²) in [7, 11) is 3.52. The molecule has 2 rings (SSSR count). The predicted octanol–water partition coefficient (Wildman–Crippen LogP) is 1.51. The van der Waals surface area contributed by atoms with Crippen molar-refractivity contribution in [1.29, 1.82) is 0 Å². The molecule has 1 N–H and O–H groups in total. The smallest absolute Gasteiger partial charge is 0.258 e. The zero-order valence-corrected chi connectivity index (χ0v) is 9.93. The number of benzene rings is 1. The summed E-state index contributed by atoms with van der Waals surface area (Å²) < 4.78 is 10.4. The van der Waals surface area contributed by atoms with Crippen LogP contribution in [-0.2, 0) is 6.42 Å². The zero-order valence-electron chi connectivity index (χ0n) is 9.93. The first kappa shape index (κ1) is 11.6. The van der Waals surface area contributed by atoms with E-state index < -0.39 is 0 Å². The third-order valence-corrected chi connectivity index (χ3v) is 2.38. The summed E-state index contributed by atoms with van der Waals surface area (Å²) in [4.78, 5) is 4.32. The summed E-state index contributed by atoms with van der Waals surface area (Å²) in [6, 6.07) is 7.56. The van der Waals surface area contributed by atoms with E-state index in [0.717, 1.165) is 24.3 Å². The molecule has 0 unspecified atom stereocenters. The second-order valence-electron chi connectivity index (χ2n) is 3.60. The number of rotatable bonds is 5. The highest BCUT2D eigenvalue weighted by Gasteiger charge is 2.08. The van der Waals surface area contributed by atoms with Crippen molar-refractivity contribution in [3.05, 3.63) is 30.1 Å². The monoisotopic (exact) mass is 233 g/mol. The van der Waals surface area contributed by atoms with Crippen molar-refractivity contribution in [3.8, 4) is 17.2 Å². The Hall–Kier alpha value is -1.88. The van der Waals surface area contributed by atoms with Gasteiger partial charge in [-0.05, 0) is 25.2 Å². The average Bonchev–Trinajstić information content (AvgIpc) is 2.85. The number of nitrogens with one attached hydrogen (secondary N) is 1. The molecular formula is C12H15N3O2. The van der Waals surface area contributed by atoms with Gasteiger partial charge in [0.15, 0.2) is 5.82 Å².